The first-order valence-corrected chi connectivity index (χ1v) is 11.0. The first kappa shape index (κ1) is 22.3. The second kappa shape index (κ2) is 7.11. The maximum atomic E-state index is 12.1. The number of carbonyl (C=O) groups excluding carboxylic acids is 2. The second-order valence-electron chi connectivity index (χ2n) is 11.0. The largest absolute Gasteiger partial charge is 0.458 e. The summed E-state index contributed by atoms with van der Waals surface area (Å²) in [6, 6.07) is 0. The van der Waals surface area contributed by atoms with Crippen LogP contribution < -0.4 is 0 Å². The Labute approximate surface area is 175 Å². The summed E-state index contributed by atoms with van der Waals surface area (Å²) in [6.45, 7) is 15.6. The van der Waals surface area contributed by atoms with Crippen molar-refractivity contribution in [3.8, 4) is 0 Å². The van der Waals surface area contributed by atoms with Crippen LogP contribution in [0.3, 0.4) is 0 Å². The molecule has 0 aromatic carbocycles. The molecule has 0 saturated heterocycles. The van der Waals surface area contributed by atoms with E-state index in [4.69, 9.17) is 9.47 Å². The van der Waals surface area contributed by atoms with Gasteiger partial charge in [-0.1, -0.05) is 40.2 Å². The second-order valence-corrected chi connectivity index (χ2v) is 11.0. The Morgan fingerprint density at radius 3 is 2.21 bits per heavy atom. The van der Waals surface area contributed by atoms with Gasteiger partial charge in [0.1, 0.15) is 12.2 Å². The van der Waals surface area contributed by atoms with Crippen LogP contribution in [0, 0.1) is 28.1 Å². The van der Waals surface area contributed by atoms with Gasteiger partial charge in [-0.3, -0.25) is 9.59 Å². The molecule has 3 saturated carbocycles. The standard InChI is InChI=1S/C24H38O5/c1-8-22(6)14-24(27)13-10-17-21(4,5)11-9-12-23(17,7)19(24)18(28-15(2)25)20(22)29-16(3)26/h8,17-20,27H,1,9-14H2,2-7H3/t17-,18-,19+,20+,22+,23-,24+/m0/s1. The van der Waals surface area contributed by atoms with Gasteiger partial charge in [0.25, 0.3) is 0 Å². The summed E-state index contributed by atoms with van der Waals surface area (Å²) >= 11 is 0. The number of ether oxygens (including phenoxy) is 2. The maximum absolute atomic E-state index is 12.1. The molecule has 3 fully saturated rings. The molecule has 3 rings (SSSR count). The zero-order valence-corrected chi connectivity index (χ0v) is 18.9. The van der Waals surface area contributed by atoms with E-state index in [2.05, 4.69) is 27.4 Å². The number of carbonyl (C=O) groups is 2. The van der Waals surface area contributed by atoms with Crippen molar-refractivity contribution >= 4 is 11.9 Å². The number of fused-ring (bicyclic) bond motifs is 3. The highest BCUT2D eigenvalue weighted by molar-refractivity contribution is 5.67. The van der Waals surface area contributed by atoms with E-state index in [1.807, 2.05) is 6.92 Å². The molecule has 0 amide bonds. The average molecular weight is 407 g/mol. The summed E-state index contributed by atoms with van der Waals surface area (Å²) in [7, 11) is 0. The predicted molar refractivity (Wildman–Crippen MR) is 111 cm³/mol. The lowest BCUT2D eigenvalue weighted by molar-refractivity contribution is -0.273. The van der Waals surface area contributed by atoms with E-state index >= 15 is 0 Å². The molecular weight excluding hydrogens is 368 g/mol. The summed E-state index contributed by atoms with van der Waals surface area (Å²) in [5, 5.41) is 12.0. The zero-order chi connectivity index (χ0) is 21.8. The van der Waals surface area contributed by atoms with Crippen molar-refractivity contribution in [1.82, 2.24) is 0 Å². The Morgan fingerprint density at radius 2 is 1.66 bits per heavy atom. The van der Waals surface area contributed by atoms with Crippen LogP contribution in [0.25, 0.3) is 0 Å². The van der Waals surface area contributed by atoms with Crippen LogP contribution in [0.5, 0.6) is 0 Å². The molecule has 3 aliphatic rings. The molecule has 29 heavy (non-hydrogen) atoms. The Bertz CT molecular complexity index is 699. The molecule has 1 N–H and O–H groups in total. The normalized spacial score (nSPS) is 46.0. The van der Waals surface area contributed by atoms with Crippen LogP contribution in [0.1, 0.15) is 80.1 Å². The van der Waals surface area contributed by atoms with Crippen LogP contribution in [0.15, 0.2) is 12.7 Å². The number of esters is 2. The van der Waals surface area contributed by atoms with Gasteiger partial charge in [0, 0.05) is 25.2 Å². The number of rotatable bonds is 3. The topological polar surface area (TPSA) is 72.8 Å². The van der Waals surface area contributed by atoms with Gasteiger partial charge in [0.15, 0.2) is 0 Å². The smallest absolute Gasteiger partial charge is 0.303 e. The highest BCUT2D eigenvalue weighted by Gasteiger charge is 2.68. The summed E-state index contributed by atoms with van der Waals surface area (Å²) in [5.41, 5.74) is -1.70. The fourth-order valence-electron chi connectivity index (χ4n) is 7.50. The van der Waals surface area contributed by atoms with Crippen molar-refractivity contribution in [3.05, 3.63) is 12.7 Å². The minimum Gasteiger partial charge on any atom is -0.458 e. The molecule has 0 unspecified atom stereocenters. The molecule has 5 nitrogen and oxygen atoms in total. The Morgan fingerprint density at radius 1 is 1.03 bits per heavy atom. The SMILES string of the molecule is C=C[C@]1(C)C[C@]2(O)CC[C@H]3C(C)(C)CCC[C@]3(C)[C@H]2[C@H](OC(C)=O)[C@H]1OC(C)=O. The van der Waals surface area contributed by atoms with Gasteiger partial charge < -0.3 is 14.6 Å². The molecule has 0 heterocycles. The summed E-state index contributed by atoms with van der Waals surface area (Å²) < 4.78 is 11.7. The minimum absolute atomic E-state index is 0.158. The van der Waals surface area contributed by atoms with Gasteiger partial charge in [-0.15, -0.1) is 6.58 Å². The third kappa shape index (κ3) is 3.54. The average Bonchev–Trinajstić information content (AvgIpc) is 2.55. The fraction of sp³-hybridized carbons (Fsp3) is 0.833. The van der Waals surface area contributed by atoms with Crippen molar-refractivity contribution in [2.45, 2.75) is 97.9 Å². The van der Waals surface area contributed by atoms with Crippen LogP contribution >= 0.6 is 0 Å². The highest BCUT2D eigenvalue weighted by atomic mass is 16.6. The lowest BCUT2D eigenvalue weighted by Crippen LogP contribution is -2.70. The Kier molecular flexibility index (Phi) is 5.47. The van der Waals surface area contributed by atoms with Crippen LogP contribution in [0.2, 0.25) is 0 Å². The quantitative estimate of drug-likeness (QED) is 0.555. The third-order valence-electron chi connectivity index (χ3n) is 8.46. The van der Waals surface area contributed by atoms with E-state index in [-0.39, 0.29) is 16.7 Å². The molecular formula is C24H38O5. The van der Waals surface area contributed by atoms with E-state index in [0.29, 0.717) is 18.8 Å². The molecule has 0 bridgehead atoms. The Balaban J connectivity index is 2.16. The van der Waals surface area contributed by atoms with Gasteiger partial charge in [-0.2, -0.15) is 0 Å². The van der Waals surface area contributed by atoms with E-state index in [0.717, 1.165) is 25.7 Å². The number of aliphatic hydroxyl groups is 1. The molecule has 164 valence electrons. The van der Waals surface area contributed by atoms with Crippen molar-refractivity contribution < 1.29 is 24.2 Å². The van der Waals surface area contributed by atoms with Crippen LogP contribution in [0.4, 0.5) is 0 Å². The minimum atomic E-state index is -0.988. The lowest BCUT2D eigenvalue weighted by Gasteiger charge is -2.66. The Hall–Kier alpha value is -1.36. The molecule has 0 aromatic rings. The molecule has 0 spiro atoms. The van der Waals surface area contributed by atoms with E-state index < -0.39 is 35.2 Å². The van der Waals surface area contributed by atoms with Crippen LogP contribution in [-0.2, 0) is 19.1 Å². The van der Waals surface area contributed by atoms with Crippen molar-refractivity contribution in [2.75, 3.05) is 0 Å². The van der Waals surface area contributed by atoms with Gasteiger partial charge in [-0.25, -0.2) is 0 Å². The first-order valence-electron chi connectivity index (χ1n) is 11.0. The maximum Gasteiger partial charge on any atom is 0.303 e. The van der Waals surface area contributed by atoms with Gasteiger partial charge >= 0.3 is 11.9 Å². The summed E-state index contributed by atoms with van der Waals surface area (Å²) in [4.78, 5) is 24.1. The molecule has 0 radical (unpaired) electrons. The van der Waals surface area contributed by atoms with E-state index in [1.165, 1.54) is 13.8 Å². The molecule has 5 heteroatoms. The summed E-state index contributed by atoms with van der Waals surface area (Å²) in [5.74, 6) is -0.691. The van der Waals surface area contributed by atoms with Gasteiger partial charge in [0.2, 0.25) is 0 Å². The van der Waals surface area contributed by atoms with Crippen molar-refractivity contribution in [2.24, 2.45) is 28.1 Å². The molecule has 0 aliphatic heterocycles. The zero-order valence-electron chi connectivity index (χ0n) is 18.9. The van der Waals surface area contributed by atoms with Crippen LogP contribution in [-0.4, -0.2) is 34.9 Å². The monoisotopic (exact) mass is 406 g/mol. The number of hydrogen-bond donors (Lipinski definition) is 1. The molecule has 0 aromatic heterocycles. The first-order chi connectivity index (χ1) is 13.3. The van der Waals surface area contributed by atoms with E-state index in [1.54, 1.807) is 6.08 Å². The van der Waals surface area contributed by atoms with Crippen molar-refractivity contribution in [3.63, 3.8) is 0 Å². The summed E-state index contributed by atoms with van der Waals surface area (Å²) in [6.07, 6.45) is 5.68. The molecule has 3 aliphatic carbocycles. The van der Waals surface area contributed by atoms with Gasteiger partial charge in [0.05, 0.1) is 5.60 Å². The number of hydrogen-bond acceptors (Lipinski definition) is 5. The molecule has 7 atom stereocenters. The van der Waals surface area contributed by atoms with Gasteiger partial charge in [-0.05, 0) is 48.9 Å². The third-order valence-corrected chi connectivity index (χ3v) is 8.46. The van der Waals surface area contributed by atoms with Crippen molar-refractivity contribution in [1.29, 1.82) is 0 Å². The van der Waals surface area contributed by atoms with E-state index in [9.17, 15) is 14.7 Å². The lowest BCUT2D eigenvalue weighted by atomic mass is 9.41. The highest BCUT2D eigenvalue weighted by Crippen LogP contribution is 2.67. The fourth-order valence-corrected chi connectivity index (χ4v) is 7.50. The predicted octanol–water partition coefficient (Wildman–Crippen LogP) is 4.42.